The number of amides is 1. The van der Waals surface area contributed by atoms with Crippen LogP contribution < -0.4 is 5.43 Å². The van der Waals surface area contributed by atoms with E-state index in [4.69, 9.17) is 11.6 Å². The minimum absolute atomic E-state index is 0.00735. The Hall–Kier alpha value is -3.00. The zero-order valence-corrected chi connectivity index (χ0v) is 18.5. The van der Waals surface area contributed by atoms with Crippen LogP contribution in [0.5, 0.6) is 0 Å². The van der Waals surface area contributed by atoms with E-state index in [-0.39, 0.29) is 11.4 Å². The highest BCUT2D eigenvalue weighted by Crippen LogP contribution is 2.20. The normalized spacial score (nSPS) is 11.7. The first-order chi connectivity index (χ1) is 14.8. The first-order valence-corrected chi connectivity index (χ1v) is 11.3. The second-order valence-corrected chi connectivity index (χ2v) is 9.29. The minimum Gasteiger partial charge on any atom is -0.272 e. The Bertz CT molecular complexity index is 1160. The number of halogens is 1. The van der Waals surface area contributed by atoms with Gasteiger partial charge in [-0.25, -0.2) is 13.8 Å². The molecule has 0 spiro atoms. The van der Waals surface area contributed by atoms with Gasteiger partial charge in [0.05, 0.1) is 17.7 Å². The first kappa shape index (κ1) is 22.7. The molecule has 8 heteroatoms. The fourth-order valence-corrected chi connectivity index (χ4v) is 4.43. The first-order valence-electron chi connectivity index (χ1n) is 9.53. The van der Waals surface area contributed by atoms with E-state index in [0.29, 0.717) is 10.6 Å². The number of hydrogen-bond acceptors (Lipinski definition) is 4. The number of hydrazone groups is 1. The van der Waals surface area contributed by atoms with Gasteiger partial charge in [-0.2, -0.15) is 9.41 Å². The summed E-state index contributed by atoms with van der Waals surface area (Å²) in [6.07, 6.45) is 1.49. The van der Waals surface area contributed by atoms with Crippen LogP contribution in [0.25, 0.3) is 0 Å². The van der Waals surface area contributed by atoms with Crippen LogP contribution in [0.15, 0.2) is 88.9 Å². The second kappa shape index (κ2) is 10.3. The maximum absolute atomic E-state index is 13.2. The molecule has 6 nitrogen and oxygen atoms in total. The van der Waals surface area contributed by atoms with Crippen molar-refractivity contribution < 1.29 is 13.2 Å². The van der Waals surface area contributed by atoms with E-state index in [2.05, 4.69) is 10.5 Å². The molecule has 1 amide bonds. The van der Waals surface area contributed by atoms with Gasteiger partial charge in [0.1, 0.15) is 0 Å². The van der Waals surface area contributed by atoms with Crippen molar-refractivity contribution in [2.24, 2.45) is 5.10 Å². The Morgan fingerprint density at radius 2 is 1.74 bits per heavy atom. The van der Waals surface area contributed by atoms with Crippen LogP contribution in [0.4, 0.5) is 0 Å². The summed E-state index contributed by atoms with van der Waals surface area (Å²) in [4.78, 5) is 12.6. The maximum atomic E-state index is 13.2. The van der Waals surface area contributed by atoms with Crippen molar-refractivity contribution in [3.05, 3.63) is 101 Å². The Kier molecular flexibility index (Phi) is 7.57. The standard InChI is InChI=1S/C23H22ClN3O3S/c1-18-10-12-22(13-11-18)31(29,30)27(16-20-8-5-9-21(24)14-20)17-23(28)26-25-15-19-6-3-2-4-7-19/h2-15H,16-17H2,1H3,(H,26,28)/b25-15-. The molecule has 3 aromatic carbocycles. The Morgan fingerprint density at radius 3 is 2.42 bits per heavy atom. The molecule has 0 atom stereocenters. The van der Waals surface area contributed by atoms with E-state index in [0.717, 1.165) is 15.4 Å². The van der Waals surface area contributed by atoms with Gasteiger partial charge in [-0.05, 0) is 42.3 Å². The molecule has 3 rings (SSSR count). The summed E-state index contributed by atoms with van der Waals surface area (Å²) in [5.74, 6) is -0.551. The lowest BCUT2D eigenvalue weighted by molar-refractivity contribution is -0.121. The number of nitrogens with one attached hydrogen (secondary N) is 1. The predicted octanol–water partition coefficient (Wildman–Crippen LogP) is 3.99. The Balaban J connectivity index is 1.80. The van der Waals surface area contributed by atoms with Gasteiger partial charge in [-0.3, -0.25) is 4.79 Å². The third kappa shape index (κ3) is 6.49. The van der Waals surface area contributed by atoms with Crippen molar-refractivity contribution >= 4 is 33.7 Å². The molecular weight excluding hydrogens is 434 g/mol. The van der Waals surface area contributed by atoms with Gasteiger partial charge in [0, 0.05) is 11.6 Å². The second-order valence-electron chi connectivity index (χ2n) is 6.92. The SMILES string of the molecule is Cc1ccc(S(=O)(=O)N(CC(=O)N/N=C\c2ccccc2)Cc2cccc(Cl)c2)cc1. The smallest absolute Gasteiger partial charge is 0.255 e. The fraction of sp³-hybridized carbons (Fsp3) is 0.130. The van der Waals surface area contributed by atoms with Gasteiger partial charge >= 0.3 is 0 Å². The van der Waals surface area contributed by atoms with E-state index >= 15 is 0 Å². The number of rotatable bonds is 8. The molecule has 0 aliphatic carbocycles. The number of aryl methyl sites for hydroxylation is 1. The number of nitrogens with zero attached hydrogens (tertiary/aromatic N) is 2. The maximum Gasteiger partial charge on any atom is 0.255 e. The van der Waals surface area contributed by atoms with Crippen molar-refractivity contribution in [1.29, 1.82) is 0 Å². The monoisotopic (exact) mass is 455 g/mol. The highest BCUT2D eigenvalue weighted by Gasteiger charge is 2.27. The molecule has 0 aliphatic heterocycles. The molecule has 0 bridgehead atoms. The summed E-state index contributed by atoms with van der Waals surface area (Å²) in [6, 6.07) is 22.6. The van der Waals surface area contributed by atoms with E-state index in [1.807, 2.05) is 37.3 Å². The zero-order valence-electron chi connectivity index (χ0n) is 16.9. The molecule has 0 heterocycles. The lowest BCUT2D eigenvalue weighted by Crippen LogP contribution is -2.39. The van der Waals surface area contributed by atoms with Gasteiger partial charge in [0.2, 0.25) is 10.0 Å². The average molecular weight is 456 g/mol. The van der Waals surface area contributed by atoms with Gasteiger partial charge in [-0.1, -0.05) is 71.8 Å². The highest BCUT2D eigenvalue weighted by atomic mass is 35.5. The molecule has 3 aromatic rings. The van der Waals surface area contributed by atoms with Crippen molar-refractivity contribution in [3.8, 4) is 0 Å². The molecule has 0 radical (unpaired) electrons. The third-order valence-electron chi connectivity index (χ3n) is 4.43. The molecule has 31 heavy (non-hydrogen) atoms. The quantitative estimate of drug-likeness (QED) is 0.412. The molecule has 160 valence electrons. The number of carbonyl (C=O) groups is 1. The summed E-state index contributed by atoms with van der Waals surface area (Å²) in [5, 5.41) is 4.40. The van der Waals surface area contributed by atoms with E-state index < -0.39 is 22.5 Å². The van der Waals surface area contributed by atoms with Gasteiger partial charge in [-0.15, -0.1) is 0 Å². The van der Waals surface area contributed by atoms with Crippen LogP contribution in [0, 0.1) is 6.92 Å². The number of benzene rings is 3. The lowest BCUT2D eigenvalue weighted by Gasteiger charge is -2.21. The van der Waals surface area contributed by atoms with Crippen molar-refractivity contribution in [2.45, 2.75) is 18.4 Å². The number of hydrogen-bond donors (Lipinski definition) is 1. The van der Waals surface area contributed by atoms with Crippen LogP contribution in [0.2, 0.25) is 5.02 Å². The summed E-state index contributed by atoms with van der Waals surface area (Å²) in [6.45, 7) is 1.47. The molecular formula is C23H22ClN3O3S. The van der Waals surface area contributed by atoms with Crippen LogP contribution in [0.3, 0.4) is 0 Å². The molecule has 0 saturated heterocycles. The Morgan fingerprint density at radius 1 is 1.03 bits per heavy atom. The van der Waals surface area contributed by atoms with E-state index in [1.165, 1.54) is 18.3 Å². The molecule has 0 saturated carbocycles. The summed E-state index contributed by atoms with van der Waals surface area (Å²) >= 11 is 6.04. The topological polar surface area (TPSA) is 78.8 Å². The van der Waals surface area contributed by atoms with Crippen molar-refractivity contribution in [3.63, 3.8) is 0 Å². The average Bonchev–Trinajstić information content (AvgIpc) is 2.74. The minimum atomic E-state index is -3.92. The van der Waals surface area contributed by atoms with E-state index in [9.17, 15) is 13.2 Å². The van der Waals surface area contributed by atoms with Crippen LogP contribution in [-0.4, -0.2) is 31.4 Å². The van der Waals surface area contributed by atoms with Crippen molar-refractivity contribution in [2.75, 3.05) is 6.54 Å². The number of sulfonamides is 1. The predicted molar refractivity (Wildman–Crippen MR) is 122 cm³/mol. The third-order valence-corrected chi connectivity index (χ3v) is 6.47. The van der Waals surface area contributed by atoms with E-state index in [1.54, 1.807) is 36.4 Å². The van der Waals surface area contributed by atoms with Gasteiger partial charge in [0.25, 0.3) is 5.91 Å². The van der Waals surface area contributed by atoms with Crippen molar-refractivity contribution in [1.82, 2.24) is 9.73 Å². The molecule has 1 N–H and O–H groups in total. The largest absolute Gasteiger partial charge is 0.272 e. The zero-order chi connectivity index (χ0) is 22.3. The van der Waals surface area contributed by atoms with Gasteiger partial charge in [0.15, 0.2) is 0 Å². The summed E-state index contributed by atoms with van der Waals surface area (Å²) in [7, 11) is -3.92. The fourth-order valence-electron chi connectivity index (χ4n) is 2.84. The summed E-state index contributed by atoms with van der Waals surface area (Å²) in [5.41, 5.74) is 4.81. The molecule has 0 aliphatic rings. The number of carbonyl (C=O) groups excluding carboxylic acids is 1. The Labute approximate surface area is 187 Å². The van der Waals surface area contributed by atoms with Crippen LogP contribution >= 0.6 is 11.6 Å². The lowest BCUT2D eigenvalue weighted by atomic mass is 10.2. The summed E-state index contributed by atoms with van der Waals surface area (Å²) < 4.78 is 27.6. The molecule has 0 unspecified atom stereocenters. The van der Waals surface area contributed by atoms with Crippen LogP contribution in [0.1, 0.15) is 16.7 Å². The molecule has 0 fully saturated rings. The molecule has 0 aromatic heterocycles. The van der Waals surface area contributed by atoms with Gasteiger partial charge < -0.3 is 0 Å². The highest BCUT2D eigenvalue weighted by molar-refractivity contribution is 7.89. The van der Waals surface area contributed by atoms with Crippen LogP contribution in [-0.2, 0) is 21.4 Å².